The number of fused-ring (bicyclic) bond motifs is 2. The smallest absolute Gasteiger partial charge is 0.337 e. The molecular weight excluding hydrogens is 356 g/mol. The predicted octanol–water partition coefficient (Wildman–Crippen LogP) is 2.76. The van der Waals surface area contributed by atoms with Crippen molar-refractivity contribution in [2.45, 2.75) is 37.3 Å². The summed E-state index contributed by atoms with van der Waals surface area (Å²) in [4.78, 5) is 18.3. The van der Waals surface area contributed by atoms with Gasteiger partial charge in [0.1, 0.15) is 5.82 Å². The lowest BCUT2D eigenvalue weighted by molar-refractivity contribution is 0.0699. The number of carboxylic acids is 1. The average molecular weight is 374 g/mol. The maximum atomic E-state index is 12.7. The number of carboxylic acid groups (broad SMARTS) is 1. The maximum absolute atomic E-state index is 12.7. The van der Waals surface area contributed by atoms with Crippen LogP contribution in [0.4, 0.5) is 5.69 Å². The van der Waals surface area contributed by atoms with Crippen LogP contribution in [0, 0.1) is 0 Å². The first-order valence-corrected chi connectivity index (χ1v) is 9.78. The van der Waals surface area contributed by atoms with Gasteiger partial charge in [-0.05, 0) is 38.0 Å². The van der Waals surface area contributed by atoms with E-state index in [1.54, 1.807) is 24.4 Å². The van der Waals surface area contributed by atoms with Gasteiger partial charge in [0.05, 0.1) is 11.3 Å². The number of imidazole rings is 1. The van der Waals surface area contributed by atoms with Crippen molar-refractivity contribution >= 4 is 32.6 Å². The molecule has 26 heavy (non-hydrogen) atoms. The molecule has 1 unspecified atom stereocenters. The number of carbonyl (C=O) groups is 1. The van der Waals surface area contributed by atoms with Crippen molar-refractivity contribution in [3.63, 3.8) is 0 Å². The van der Waals surface area contributed by atoms with Crippen LogP contribution >= 0.6 is 0 Å². The molecule has 0 amide bonds. The van der Waals surface area contributed by atoms with Crippen molar-refractivity contribution < 1.29 is 18.3 Å². The maximum Gasteiger partial charge on any atom is 0.337 e. The minimum atomic E-state index is -3.82. The van der Waals surface area contributed by atoms with Crippen LogP contribution in [0.3, 0.4) is 0 Å². The van der Waals surface area contributed by atoms with Gasteiger partial charge in [0, 0.05) is 35.8 Å². The highest BCUT2D eigenvalue weighted by atomic mass is 32.2. The van der Waals surface area contributed by atoms with E-state index >= 15 is 0 Å². The zero-order chi connectivity index (χ0) is 18.5. The highest BCUT2D eigenvalue weighted by Gasteiger charge is 2.24. The first-order chi connectivity index (χ1) is 12.3. The molecule has 3 N–H and O–H groups in total. The molecule has 0 saturated heterocycles. The number of nitrogens with one attached hydrogen (secondary N) is 2. The highest BCUT2D eigenvalue weighted by molar-refractivity contribution is 7.92. The number of hydrogen-bond donors (Lipinski definition) is 3. The summed E-state index contributed by atoms with van der Waals surface area (Å²) in [5.74, 6) is -0.252. The lowest BCUT2D eigenvalue weighted by atomic mass is 10.1. The Bertz CT molecular complexity index is 1110. The van der Waals surface area contributed by atoms with E-state index in [0.29, 0.717) is 16.6 Å². The standard InChI is InChI=1S/C17H18N4O4S/c1-10-3-2-4-15-19-16(9-21(10)15)26(24,25)20-11-5-6-12-13(17(22)23)8-18-14(12)7-11/h5-10,18,20H,2-4H2,1H3,(H,22,23). The molecule has 0 radical (unpaired) electrons. The number of benzene rings is 1. The Kier molecular flexibility index (Phi) is 3.76. The summed E-state index contributed by atoms with van der Waals surface area (Å²) in [6.07, 6.45) is 5.74. The minimum absolute atomic E-state index is 0.000873. The second kappa shape index (κ2) is 5.87. The average Bonchev–Trinajstić information content (AvgIpc) is 3.19. The Morgan fingerprint density at radius 3 is 2.96 bits per heavy atom. The fourth-order valence-corrected chi connectivity index (χ4v) is 4.39. The molecule has 4 rings (SSSR count). The predicted molar refractivity (Wildman–Crippen MR) is 95.9 cm³/mol. The van der Waals surface area contributed by atoms with E-state index < -0.39 is 16.0 Å². The normalized spacial score (nSPS) is 17.2. The molecule has 9 heteroatoms. The van der Waals surface area contributed by atoms with Crippen molar-refractivity contribution in [2.24, 2.45) is 0 Å². The van der Waals surface area contributed by atoms with Gasteiger partial charge in [0.2, 0.25) is 0 Å². The minimum Gasteiger partial charge on any atom is -0.478 e. The molecular formula is C17H18N4O4S. The van der Waals surface area contributed by atoms with E-state index in [1.807, 2.05) is 11.5 Å². The molecule has 0 spiro atoms. The fraction of sp³-hybridized carbons (Fsp3) is 0.294. The van der Waals surface area contributed by atoms with Crippen LogP contribution in [-0.4, -0.2) is 34.0 Å². The summed E-state index contributed by atoms with van der Waals surface area (Å²) in [6.45, 7) is 2.05. The Morgan fingerprint density at radius 2 is 2.23 bits per heavy atom. The Labute approximate surface area is 149 Å². The first-order valence-electron chi connectivity index (χ1n) is 8.30. The molecule has 3 heterocycles. The number of H-pyrrole nitrogens is 1. The summed E-state index contributed by atoms with van der Waals surface area (Å²) in [7, 11) is -3.82. The Balaban J connectivity index is 1.66. The van der Waals surface area contributed by atoms with Gasteiger partial charge < -0.3 is 14.7 Å². The zero-order valence-electron chi connectivity index (χ0n) is 14.1. The number of aromatic amines is 1. The van der Waals surface area contributed by atoms with Crippen molar-refractivity contribution in [1.82, 2.24) is 14.5 Å². The van der Waals surface area contributed by atoms with Gasteiger partial charge in [-0.2, -0.15) is 8.42 Å². The van der Waals surface area contributed by atoms with Gasteiger partial charge in [0.15, 0.2) is 5.03 Å². The van der Waals surface area contributed by atoms with Crippen LogP contribution in [0.15, 0.2) is 35.6 Å². The molecule has 1 atom stereocenters. The molecule has 8 nitrogen and oxygen atoms in total. The number of aryl methyl sites for hydroxylation is 1. The third-order valence-corrected chi connectivity index (χ3v) is 5.98. The molecule has 0 bridgehead atoms. The Morgan fingerprint density at radius 1 is 1.42 bits per heavy atom. The molecule has 136 valence electrons. The van der Waals surface area contributed by atoms with Gasteiger partial charge in [-0.15, -0.1) is 0 Å². The SMILES string of the molecule is CC1CCCc2nc(S(=O)(=O)Nc3ccc4c(C(=O)O)c[nH]c4c3)cn21. The summed E-state index contributed by atoms with van der Waals surface area (Å²) >= 11 is 0. The van der Waals surface area contributed by atoms with E-state index in [1.165, 1.54) is 6.20 Å². The van der Waals surface area contributed by atoms with E-state index in [9.17, 15) is 13.2 Å². The summed E-state index contributed by atoms with van der Waals surface area (Å²) in [5, 5.41) is 9.65. The molecule has 0 aliphatic carbocycles. The van der Waals surface area contributed by atoms with E-state index in [2.05, 4.69) is 14.7 Å². The monoisotopic (exact) mass is 374 g/mol. The third kappa shape index (κ3) is 2.74. The van der Waals surface area contributed by atoms with E-state index in [-0.39, 0.29) is 16.6 Å². The zero-order valence-corrected chi connectivity index (χ0v) is 14.9. The van der Waals surface area contributed by atoms with Crippen LogP contribution in [-0.2, 0) is 16.4 Å². The van der Waals surface area contributed by atoms with Gasteiger partial charge in [-0.3, -0.25) is 4.72 Å². The van der Waals surface area contributed by atoms with E-state index in [4.69, 9.17) is 5.11 Å². The number of aromatic carboxylic acids is 1. The third-order valence-electron chi connectivity index (χ3n) is 4.72. The van der Waals surface area contributed by atoms with Gasteiger partial charge in [0.25, 0.3) is 10.0 Å². The second-order valence-corrected chi connectivity index (χ2v) is 8.15. The van der Waals surface area contributed by atoms with E-state index in [0.717, 1.165) is 25.1 Å². The van der Waals surface area contributed by atoms with Crippen molar-refractivity contribution in [1.29, 1.82) is 0 Å². The van der Waals surface area contributed by atoms with Gasteiger partial charge >= 0.3 is 5.97 Å². The number of hydrogen-bond acceptors (Lipinski definition) is 4. The van der Waals surface area contributed by atoms with Crippen molar-refractivity contribution in [3.8, 4) is 0 Å². The molecule has 1 aliphatic heterocycles. The summed E-state index contributed by atoms with van der Waals surface area (Å²) in [6, 6.07) is 4.92. The summed E-state index contributed by atoms with van der Waals surface area (Å²) < 4.78 is 29.8. The molecule has 1 aromatic carbocycles. The number of nitrogens with zero attached hydrogens (tertiary/aromatic N) is 2. The van der Waals surface area contributed by atoms with Crippen LogP contribution in [0.2, 0.25) is 0 Å². The molecule has 1 aliphatic rings. The molecule has 0 fully saturated rings. The Hall–Kier alpha value is -2.81. The van der Waals surface area contributed by atoms with Crippen molar-refractivity contribution in [3.05, 3.63) is 42.0 Å². The lowest BCUT2D eigenvalue weighted by Gasteiger charge is -2.20. The van der Waals surface area contributed by atoms with Gasteiger partial charge in [-0.1, -0.05) is 0 Å². The van der Waals surface area contributed by atoms with Crippen LogP contribution < -0.4 is 4.72 Å². The molecule has 3 aromatic rings. The van der Waals surface area contributed by atoms with Crippen molar-refractivity contribution in [2.75, 3.05) is 4.72 Å². The quantitative estimate of drug-likeness (QED) is 0.649. The lowest BCUT2D eigenvalue weighted by Crippen LogP contribution is -2.14. The number of rotatable bonds is 4. The summed E-state index contributed by atoms with van der Waals surface area (Å²) in [5.41, 5.74) is 1.03. The number of sulfonamides is 1. The van der Waals surface area contributed by atoms with Crippen LogP contribution in [0.5, 0.6) is 0 Å². The highest BCUT2D eigenvalue weighted by Crippen LogP contribution is 2.27. The van der Waals surface area contributed by atoms with Crippen LogP contribution in [0.25, 0.3) is 10.9 Å². The molecule has 0 saturated carbocycles. The fourth-order valence-electron chi connectivity index (χ4n) is 3.37. The van der Waals surface area contributed by atoms with Gasteiger partial charge in [-0.25, -0.2) is 9.78 Å². The van der Waals surface area contributed by atoms with Crippen LogP contribution in [0.1, 0.15) is 42.0 Å². The number of aromatic nitrogens is 3. The topological polar surface area (TPSA) is 117 Å². The second-order valence-electron chi connectivity index (χ2n) is 6.52. The number of anilines is 1. The first kappa shape index (κ1) is 16.6. The molecule has 2 aromatic heterocycles. The largest absolute Gasteiger partial charge is 0.478 e.